The molecule has 8 heteroatoms. The van der Waals surface area contributed by atoms with Crippen molar-refractivity contribution in [2.75, 3.05) is 19.0 Å². The van der Waals surface area contributed by atoms with Crippen LogP contribution in [0, 0.1) is 10.1 Å². The maximum atomic E-state index is 13.4. The zero-order chi connectivity index (χ0) is 20.3. The molecule has 0 unspecified atom stereocenters. The second kappa shape index (κ2) is 6.53. The van der Waals surface area contributed by atoms with Gasteiger partial charge in [-0.2, -0.15) is 0 Å². The van der Waals surface area contributed by atoms with Crippen molar-refractivity contribution in [2.45, 2.75) is 36.4 Å². The minimum Gasteiger partial charge on any atom is -0.496 e. The highest BCUT2D eigenvalue weighted by Gasteiger charge is 2.73. The summed E-state index contributed by atoms with van der Waals surface area (Å²) >= 11 is 3.51. The topological polar surface area (TPSA) is 84.7 Å². The first-order valence-corrected chi connectivity index (χ1v) is 10.4. The van der Waals surface area contributed by atoms with Gasteiger partial charge in [0.25, 0.3) is 11.9 Å². The summed E-state index contributed by atoms with van der Waals surface area (Å²) in [6.07, 6.45) is 1.75. The molecule has 2 aromatic rings. The summed E-state index contributed by atoms with van der Waals surface area (Å²) in [5.41, 5.74) is 0.962. The molecule has 2 aromatic carbocycles. The SMILES string of the molecule is COc1ccc([C@H]2[C@H]([N+](=O)[O-])[C@]3(C(=O)Nc4ccccc43)N3CCC[C@@H]23)cc1Br. The van der Waals surface area contributed by atoms with Crippen LogP contribution in [-0.2, 0) is 10.3 Å². The predicted octanol–water partition coefficient (Wildman–Crippen LogP) is 3.51. The van der Waals surface area contributed by atoms with E-state index in [0.717, 1.165) is 22.9 Å². The number of fused-ring (bicyclic) bond motifs is 4. The highest BCUT2D eigenvalue weighted by molar-refractivity contribution is 9.10. The summed E-state index contributed by atoms with van der Waals surface area (Å²) in [5.74, 6) is -0.0136. The van der Waals surface area contributed by atoms with E-state index < -0.39 is 17.5 Å². The Labute approximate surface area is 176 Å². The van der Waals surface area contributed by atoms with Crippen molar-refractivity contribution in [3.8, 4) is 5.75 Å². The van der Waals surface area contributed by atoms with Crippen LogP contribution in [0.3, 0.4) is 0 Å². The Kier molecular flexibility index (Phi) is 4.18. The average molecular weight is 458 g/mol. The number of carbonyl (C=O) groups is 1. The molecule has 0 radical (unpaired) electrons. The van der Waals surface area contributed by atoms with Crippen molar-refractivity contribution in [1.29, 1.82) is 0 Å². The number of carbonyl (C=O) groups excluding carboxylic acids is 1. The molecular formula is C21H20BrN3O4. The molecule has 0 aliphatic carbocycles. The molecule has 1 N–H and O–H groups in total. The number of halogens is 1. The van der Waals surface area contributed by atoms with Gasteiger partial charge in [0, 0.05) is 28.8 Å². The number of ether oxygens (including phenoxy) is 1. The van der Waals surface area contributed by atoms with Gasteiger partial charge in [0.15, 0.2) is 5.54 Å². The van der Waals surface area contributed by atoms with E-state index in [2.05, 4.69) is 26.1 Å². The Morgan fingerprint density at radius 3 is 2.83 bits per heavy atom. The molecule has 2 saturated heterocycles. The molecule has 0 aromatic heterocycles. The molecule has 4 atom stereocenters. The highest BCUT2D eigenvalue weighted by Crippen LogP contribution is 2.58. The molecule has 1 spiro atoms. The van der Waals surface area contributed by atoms with Crippen LogP contribution in [0.2, 0.25) is 0 Å². The van der Waals surface area contributed by atoms with Crippen molar-refractivity contribution < 1.29 is 14.5 Å². The Balaban J connectivity index is 1.73. The van der Waals surface area contributed by atoms with Crippen LogP contribution in [0.5, 0.6) is 5.75 Å². The van der Waals surface area contributed by atoms with Gasteiger partial charge in [0.2, 0.25) is 0 Å². The van der Waals surface area contributed by atoms with E-state index in [-0.39, 0.29) is 16.9 Å². The summed E-state index contributed by atoms with van der Waals surface area (Å²) < 4.78 is 6.08. The highest BCUT2D eigenvalue weighted by atomic mass is 79.9. The molecule has 150 valence electrons. The van der Waals surface area contributed by atoms with Crippen molar-refractivity contribution in [3.05, 3.63) is 68.2 Å². The molecule has 3 aliphatic rings. The number of nitrogens with zero attached hydrogens (tertiary/aromatic N) is 2. The van der Waals surface area contributed by atoms with E-state index in [1.165, 1.54) is 0 Å². The first-order chi connectivity index (χ1) is 14.0. The van der Waals surface area contributed by atoms with Crippen LogP contribution in [0.1, 0.15) is 29.9 Å². The Morgan fingerprint density at radius 2 is 2.10 bits per heavy atom. The molecule has 7 nitrogen and oxygen atoms in total. The first-order valence-electron chi connectivity index (χ1n) is 9.64. The lowest BCUT2D eigenvalue weighted by Gasteiger charge is -2.32. The Bertz CT molecular complexity index is 1030. The normalized spacial score (nSPS) is 30.3. The number of para-hydroxylation sites is 1. The second-order valence-corrected chi connectivity index (χ2v) is 8.67. The minimum atomic E-state index is -1.28. The van der Waals surface area contributed by atoms with Gasteiger partial charge < -0.3 is 10.1 Å². The summed E-state index contributed by atoms with van der Waals surface area (Å²) in [6.45, 7) is 0.671. The van der Waals surface area contributed by atoms with E-state index in [1.54, 1.807) is 7.11 Å². The first kappa shape index (κ1) is 18.6. The number of nitro groups is 1. The Hall–Kier alpha value is -2.45. The molecular weight excluding hydrogens is 438 g/mol. The molecule has 0 bridgehead atoms. The zero-order valence-electron chi connectivity index (χ0n) is 15.8. The van der Waals surface area contributed by atoms with Gasteiger partial charge in [-0.15, -0.1) is 0 Å². The molecule has 3 aliphatic heterocycles. The van der Waals surface area contributed by atoms with Gasteiger partial charge in [-0.05, 0) is 52.5 Å². The number of methoxy groups -OCH3 is 1. The van der Waals surface area contributed by atoms with Crippen molar-refractivity contribution in [2.24, 2.45) is 0 Å². The average Bonchev–Trinajstić information content (AvgIpc) is 3.35. The predicted molar refractivity (Wildman–Crippen MR) is 111 cm³/mol. The van der Waals surface area contributed by atoms with E-state index in [4.69, 9.17) is 4.74 Å². The number of amides is 1. The number of hydrogen-bond acceptors (Lipinski definition) is 5. The van der Waals surface area contributed by atoms with Crippen LogP contribution in [-0.4, -0.2) is 41.5 Å². The lowest BCUT2D eigenvalue weighted by atomic mass is 9.77. The number of benzene rings is 2. The monoisotopic (exact) mass is 457 g/mol. The van der Waals surface area contributed by atoms with Gasteiger partial charge in [0.1, 0.15) is 5.75 Å². The lowest BCUT2D eigenvalue weighted by molar-refractivity contribution is -0.534. The van der Waals surface area contributed by atoms with Gasteiger partial charge >= 0.3 is 0 Å². The molecule has 0 saturated carbocycles. The van der Waals surface area contributed by atoms with E-state index in [1.807, 2.05) is 42.5 Å². The van der Waals surface area contributed by atoms with Crippen LogP contribution in [0.15, 0.2) is 46.9 Å². The fourth-order valence-electron chi connectivity index (χ4n) is 5.67. The van der Waals surface area contributed by atoms with Gasteiger partial charge in [-0.25, -0.2) is 0 Å². The number of rotatable bonds is 3. The van der Waals surface area contributed by atoms with Crippen molar-refractivity contribution in [1.82, 2.24) is 4.90 Å². The molecule has 29 heavy (non-hydrogen) atoms. The van der Waals surface area contributed by atoms with Crippen LogP contribution in [0.4, 0.5) is 5.69 Å². The molecule has 3 heterocycles. The summed E-state index contributed by atoms with van der Waals surface area (Å²) in [4.78, 5) is 27.7. The van der Waals surface area contributed by atoms with Crippen LogP contribution in [0.25, 0.3) is 0 Å². The van der Waals surface area contributed by atoms with Gasteiger partial charge in [-0.3, -0.25) is 19.8 Å². The van der Waals surface area contributed by atoms with E-state index in [0.29, 0.717) is 23.5 Å². The van der Waals surface area contributed by atoms with E-state index >= 15 is 0 Å². The number of anilines is 1. The van der Waals surface area contributed by atoms with Crippen molar-refractivity contribution >= 4 is 27.5 Å². The molecule has 1 amide bonds. The largest absolute Gasteiger partial charge is 0.496 e. The molecule has 2 fully saturated rings. The standard InChI is InChI=1S/C21H20BrN3O4/c1-29-17-9-8-12(11-14(17)22)18-16-7-4-10-24(16)21(19(18)25(27)28)13-5-2-3-6-15(13)23-20(21)26/h2-3,5-6,8-9,11,16,18-19H,4,7,10H2,1H3,(H,23,26)/t16-,18+,19-,21+/m0/s1. The fraction of sp³-hybridized carbons (Fsp3) is 0.381. The summed E-state index contributed by atoms with van der Waals surface area (Å²) in [6, 6.07) is 11.8. The summed E-state index contributed by atoms with van der Waals surface area (Å²) in [7, 11) is 1.59. The van der Waals surface area contributed by atoms with Gasteiger partial charge in [0.05, 0.1) is 17.5 Å². The zero-order valence-corrected chi connectivity index (χ0v) is 17.4. The van der Waals surface area contributed by atoms with Crippen LogP contribution < -0.4 is 10.1 Å². The minimum absolute atomic E-state index is 0.0670. The maximum absolute atomic E-state index is 13.4. The third-order valence-electron chi connectivity index (χ3n) is 6.65. The van der Waals surface area contributed by atoms with Crippen LogP contribution >= 0.6 is 15.9 Å². The van der Waals surface area contributed by atoms with Gasteiger partial charge in [-0.1, -0.05) is 24.3 Å². The lowest BCUT2D eigenvalue weighted by Crippen LogP contribution is -2.55. The third kappa shape index (κ3) is 2.36. The second-order valence-electron chi connectivity index (χ2n) is 7.82. The Morgan fingerprint density at radius 1 is 1.31 bits per heavy atom. The smallest absolute Gasteiger partial charge is 0.256 e. The maximum Gasteiger partial charge on any atom is 0.256 e. The number of nitrogens with one attached hydrogen (secondary N) is 1. The quantitative estimate of drug-likeness (QED) is 0.562. The molecule has 5 rings (SSSR count). The van der Waals surface area contributed by atoms with Crippen molar-refractivity contribution in [3.63, 3.8) is 0 Å². The third-order valence-corrected chi connectivity index (χ3v) is 7.27. The summed E-state index contributed by atoms with van der Waals surface area (Å²) in [5, 5.41) is 15.4. The van der Waals surface area contributed by atoms with E-state index in [9.17, 15) is 14.9 Å². The fourth-order valence-corrected chi connectivity index (χ4v) is 6.22. The number of hydrogen-bond donors (Lipinski definition) is 1.